The molecule has 14 nitrogen and oxygen atoms in total. The van der Waals surface area contributed by atoms with Crippen molar-refractivity contribution in [2.75, 3.05) is 13.1 Å². The number of aliphatic imine (C=N–C) groups is 1. The summed E-state index contributed by atoms with van der Waals surface area (Å²) in [5.74, 6) is -4.00. The van der Waals surface area contributed by atoms with Crippen molar-refractivity contribution in [1.82, 2.24) is 16.0 Å². The van der Waals surface area contributed by atoms with E-state index in [1.165, 1.54) is 6.92 Å². The number of rotatable bonds is 26. The summed E-state index contributed by atoms with van der Waals surface area (Å²) in [6.45, 7) is 9.45. The van der Waals surface area contributed by atoms with Gasteiger partial charge in [-0.05, 0) is 57.9 Å². The minimum Gasteiger partial charge on any atom is -0.370 e. The molecule has 264 valence electrons. The fourth-order valence-corrected chi connectivity index (χ4v) is 5.17. The van der Waals surface area contributed by atoms with Gasteiger partial charge in [0.2, 0.25) is 23.6 Å². The first-order chi connectivity index (χ1) is 21.6. The first kappa shape index (κ1) is 42.5. The molecule has 0 spiro atoms. The number of nitrogens with one attached hydrogen (secondary N) is 3. The van der Waals surface area contributed by atoms with E-state index in [2.05, 4.69) is 20.9 Å². The van der Waals surface area contributed by atoms with Gasteiger partial charge in [0, 0.05) is 38.1 Å². The Morgan fingerprint density at radius 1 is 0.696 bits per heavy atom. The number of Topliss-reactive ketones (excluding diaryl/α,β-unsaturated/α-hetero) is 2. The monoisotopic (exact) mass is 652 g/mol. The lowest BCUT2D eigenvalue weighted by Crippen LogP contribution is -2.48. The Morgan fingerprint density at radius 3 is 1.83 bits per heavy atom. The quantitative estimate of drug-likeness (QED) is 0.0398. The summed E-state index contributed by atoms with van der Waals surface area (Å²) in [5, 5.41) is 8.12. The number of amides is 4. The highest BCUT2D eigenvalue weighted by atomic mass is 16.2. The molecular formula is C32H60N8O6. The van der Waals surface area contributed by atoms with Gasteiger partial charge < -0.3 is 38.9 Å². The highest BCUT2D eigenvalue weighted by Gasteiger charge is 2.31. The van der Waals surface area contributed by atoms with Gasteiger partial charge in [0.05, 0.1) is 12.1 Å². The van der Waals surface area contributed by atoms with Crippen LogP contribution in [-0.2, 0) is 28.8 Å². The summed E-state index contributed by atoms with van der Waals surface area (Å²) >= 11 is 0. The second-order valence-corrected chi connectivity index (χ2v) is 12.5. The van der Waals surface area contributed by atoms with E-state index < -0.39 is 47.7 Å². The fraction of sp³-hybridized carbons (Fsp3) is 0.781. The highest BCUT2D eigenvalue weighted by Crippen LogP contribution is 2.20. The Morgan fingerprint density at radius 2 is 1.28 bits per heavy atom. The number of nitrogens with two attached hydrogens (primary N) is 4. The molecule has 0 aromatic rings. The molecule has 0 aromatic carbocycles. The molecule has 0 aliphatic carbocycles. The van der Waals surface area contributed by atoms with Crippen molar-refractivity contribution in [3.63, 3.8) is 0 Å². The van der Waals surface area contributed by atoms with Gasteiger partial charge in [-0.1, -0.05) is 46.5 Å². The van der Waals surface area contributed by atoms with Gasteiger partial charge >= 0.3 is 0 Å². The van der Waals surface area contributed by atoms with Crippen LogP contribution in [0.25, 0.3) is 0 Å². The van der Waals surface area contributed by atoms with Crippen LogP contribution >= 0.6 is 0 Å². The van der Waals surface area contributed by atoms with Crippen molar-refractivity contribution in [3.8, 4) is 0 Å². The predicted molar refractivity (Wildman–Crippen MR) is 179 cm³/mol. The van der Waals surface area contributed by atoms with Crippen LogP contribution in [0, 0.1) is 17.8 Å². The normalized spacial score (nSPS) is 14.3. The lowest BCUT2D eigenvalue weighted by atomic mass is 9.89. The van der Waals surface area contributed by atoms with Crippen LogP contribution in [0.2, 0.25) is 0 Å². The van der Waals surface area contributed by atoms with Gasteiger partial charge in [-0.15, -0.1) is 0 Å². The van der Waals surface area contributed by atoms with Crippen molar-refractivity contribution in [2.24, 2.45) is 45.7 Å². The number of hydrogen-bond donors (Lipinski definition) is 7. The maximum absolute atomic E-state index is 13.4. The number of nitrogens with zero attached hydrogens (tertiary/aromatic N) is 1. The van der Waals surface area contributed by atoms with Crippen molar-refractivity contribution >= 4 is 41.2 Å². The standard InChI is InChI=1S/C32H60N8O6/c1-6-7-8-13-26(29(34)44)40-31(46)24(17-20(2)3)19-27(42)21(4)38-30(45)23(12-9-10-15-33)18-28(43)25(39-22(5)41)14-11-16-37-32(35)36/h20-21,23-26H,6-19,33H2,1-5H3,(H2,34,44)(H,38,45)(H,39,41)(H,40,46)(H4,35,36,37)/t21-,23?,24+,25?,26-/m0/s1. The molecule has 14 heteroatoms. The number of hydrogen-bond acceptors (Lipinski definition) is 8. The van der Waals surface area contributed by atoms with Crippen LogP contribution in [-0.4, -0.2) is 72.4 Å². The molecule has 0 rings (SSSR count). The van der Waals surface area contributed by atoms with Crippen molar-refractivity contribution in [1.29, 1.82) is 0 Å². The first-order valence-electron chi connectivity index (χ1n) is 16.6. The summed E-state index contributed by atoms with van der Waals surface area (Å²) in [7, 11) is 0. The molecule has 0 saturated heterocycles. The molecule has 11 N–H and O–H groups in total. The van der Waals surface area contributed by atoms with E-state index in [4.69, 9.17) is 22.9 Å². The molecule has 0 bridgehead atoms. The van der Waals surface area contributed by atoms with Gasteiger partial charge in [0.15, 0.2) is 17.5 Å². The minimum absolute atomic E-state index is 0.0730. The molecule has 0 aliphatic rings. The van der Waals surface area contributed by atoms with E-state index in [-0.39, 0.29) is 55.2 Å². The van der Waals surface area contributed by atoms with Crippen LogP contribution in [0.1, 0.15) is 112 Å². The Bertz CT molecular complexity index is 1010. The van der Waals surface area contributed by atoms with Crippen LogP contribution in [0.3, 0.4) is 0 Å². The molecule has 5 atom stereocenters. The second-order valence-electron chi connectivity index (χ2n) is 12.5. The van der Waals surface area contributed by atoms with Crippen molar-refractivity contribution in [2.45, 2.75) is 130 Å². The lowest BCUT2D eigenvalue weighted by Gasteiger charge is -2.24. The average molecular weight is 653 g/mol. The number of ketones is 2. The van der Waals surface area contributed by atoms with Gasteiger partial charge in [-0.2, -0.15) is 0 Å². The Hall–Kier alpha value is -3.55. The van der Waals surface area contributed by atoms with E-state index in [1.807, 2.05) is 20.8 Å². The summed E-state index contributed by atoms with van der Waals surface area (Å²) in [4.78, 5) is 80.8. The number of unbranched alkanes of at least 4 members (excludes halogenated alkanes) is 3. The first-order valence-corrected chi connectivity index (χ1v) is 16.6. The Balaban J connectivity index is 5.62. The Kier molecular flexibility index (Phi) is 21.9. The van der Waals surface area contributed by atoms with Crippen LogP contribution in [0.15, 0.2) is 4.99 Å². The van der Waals surface area contributed by atoms with Crippen molar-refractivity contribution < 1.29 is 28.8 Å². The summed E-state index contributed by atoms with van der Waals surface area (Å²) < 4.78 is 0. The maximum atomic E-state index is 13.4. The molecule has 0 fully saturated rings. The van der Waals surface area contributed by atoms with Gasteiger partial charge in [0.25, 0.3) is 0 Å². The molecule has 0 saturated carbocycles. The van der Waals surface area contributed by atoms with E-state index in [9.17, 15) is 28.8 Å². The fourth-order valence-electron chi connectivity index (χ4n) is 5.17. The third kappa shape index (κ3) is 19.1. The summed E-state index contributed by atoms with van der Waals surface area (Å²) in [5.41, 5.74) is 21.9. The lowest BCUT2D eigenvalue weighted by molar-refractivity contribution is -0.135. The van der Waals surface area contributed by atoms with Gasteiger partial charge in [-0.25, -0.2) is 0 Å². The minimum atomic E-state index is -0.927. The molecular weight excluding hydrogens is 592 g/mol. The molecule has 0 radical (unpaired) electrons. The average Bonchev–Trinajstić information content (AvgIpc) is 2.96. The zero-order valence-corrected chi connectivity index (χ0v) is 28.6. The Labute approximate surface area is 274 Å². The highest BCUT2D eigenvalue weighted by molar-refractivity contribution is 5.95. The third-order valence-electron chi connectivity index (χ3n) is 7.71. The number of carbonyl (C=O) groups excluding carboxylic acids is 6. The van der Waals surface area contributed by atoms with E-state index >= 15 is 0 Å². The van der Waals surface area contributed by atoms with Crippen LogP contribution < -0.4 is 38.9 Å². The smallest absolute Gasteiger partial charge is 0.239 e. The van der Waals surface area contributed by atoms with Crippen LogP contribution in [0.5, 0.6) is 0 Å². The molecule has 0 aliphatic heterocycles. The number of primary amides is 1. The molecule has 2 unspecified atom stereocenters. The van der Waals surface area contributed by atoms with E-state index in [1.54, 1.807) is 6.92 Å². The predicted octanol–water partition coefficient (Wildman–Crippen LogP) is 0.926. The molecule has 0 heterocycles. The van der Waals surface area contributed by atoms with E-state index in [0.29, 0.717) is 45.1 Å². The zero-order chi connectivity index (χ0) is 35.2. The largest absolute Gasteiger partial charge is 0.370 e. The number of carbonyl (C=O) groups is 6. The number of guanidine groups is 1. The van der Waals surface area contributed by atoms with Crippen LogP contribution in [0.4, 0.5) is 0 Å². The topological polar surface area (TPSA) is 255 Å². The van der Waals surface area contributed by atoms with E-state index in [0.717, 1.165) is 19.3 Å². The third-order valence-corrected chi connectivity index (χ3v) is 7.71. The van der Waals surface area contributed by atoms with Gasteiger partial charge in [0.1, 0.15) is 6.04 Å². The molecule has 0 aromatic heterocycles. The SMILES string of the molecule is CCCCC[C@H](NC(=O)[C@@H](CC(=O)[C@H](C)NC(=O)C(CCCCN)CC(=O)C(CCCN=C(N)N)NC(C)=O)CC(C)C)C(N)=O. The molecule has 4 amide bonds. The van der Waals surface area contributed by atoms with Gasteiger partial charge in [-0.3, -0.25) is 33.8 Å². The maximum Gasteiger partial charge on any atom is 0.239 e. The summed E-state index contributed by atoms with van der Waals surface area (Å²) in [6.07, 6.45) is 5.47. The van der Waals surface area contributed by atoms with Crippen molar-refractivity contribution in [3.05, 3.63) is 0 Å². The molecule has 46 heavy (non-hydrogen) atoms. The second kappa shape index (κ2) is 23.7. The summed E-state index contributed by atoms with van der Waals surface area (Å²) in [6, 6.07) is -2.57. The zero-order valence-electron chi connectivity index (χ0n) is 28.6.